The van der Waals surface area contributed by atoms with Gasteiger partial charge in [0, 0.05) is 35.6 Å². The summed E-state index contributed by atoms with van der Waals surface area (Å²) in [6.07, 6.45) is 3.98. The molecule has 1 aliphatic heterocycles. The van der Waals surface area contributed by atoms with E-state index in [-0.39, 0.29) is 23.7 Å². The largest absolute Gasteiger partial charge is 0.342 e. The Morgan fingerprint density at radius 2 is 1.92 bits per heavy atom. The summed E-state index contributed by atoms with van der Waals surface area (Å²) >= 11 is 7.16. The summed E-state index contributed by atoms with van der Waals surface area (Å²) in [5.74, 6) is 0.405. The topological polar surface area (TPSA) is 75.2 Å². The highest BCUT2D eigenvalue weighted by molar-refractivity contribution is 7.13. The monoisotopic (exact) mass is 390 g/mol. The number of nitrogens with one attached hydrogen (secondary N) is 1. The molecule has 1 aromatic carbocycles. The number of anilines is 1. The van der Waals surface area contributed by atoms with Crippen molar-refractivity contribution in [3.8, 4) is 0 Å². The Bertz CT molecular complexity index is 819. The standard InChI is InChI=1S/C18H19ClN4O2S/c19-13-5-7-14(8-6-13)20-15(24)17-22-21-16(26-17)12-2-1-9-23(10-12)18(25)11-3-4-11/h5-8,11-12H,1-4,9-10H2,(H,20,24)/t12-/m1/s1. The van der Waals surface area contributed by atoms with Crippen LogP contribution < -0.4 is 5.32 Å². The molecule has 0 radical (unpaired) electrons. The highest BCUT2D eigenvalue weighted by Crippen LogP contribution is 2.35. The van der Waals surface area contributed by atoms with Crippen molar-refractivity contribution in [3.05, 3.63) is 39.3 Å². The van der Waals surface area contributed by atoms with Crippen LogP contribution in [0.5, 0.6) is 0 Å². The predicted molar refractivity (Wildman–Crippen MR) is 101 cm³/mol. The molecule has 1 N–H and O–H groups in total. The van der Waals surface area contributed by atoms with E-state index in [4.69, 9.17) is 11.6 Å². The summed E-state index contributed by atoms with van der Waals surface area (Å²) in [4.78, 5) is 26.6. The van der Waals surface area contributed by atoms with E-state index in [1.165, 1.54) is 11.3 Å². The minimum Gasteiger partial charge on any atom is -0.342 e. The Morgan fingerprint density at radius 1 is 1.15 bits per heavy atom. The Balaban J connectivity index is 1.41. The van der Waals surface area contributed by atoms with Crippen molar-refractivity contribution in [1.29, 1.82) is 0 Å². The Hall–Kier alpha value is -1.99. The molecule has 1 aliphatic carbocycles. The van der Waals surface area contributed by atoms with Crippen LogP contribution in [-0.4, -0.2) is 40.0 Å². The van der Waals surface area contributed by atoms with Crippen LogP contribution in [0.3, 0.4) is 0 Å². The number of amides is 2. The number of likely N-dealkylation sites (tertiary alicyclic amines) is 1. The third-order valence-electron chi connectivity index (χ3n) is 4.75. The summed E-state index contributed by atoms with van der Waals surface area (Å²) in [7, 11) is 0. The van der Waals surface area contributed by atoms with Gasteiger partial charge in [0.15, 0.2) is 0 Å². The van der Waals surface area contributed by atoms with E-state index in [9.17, 15) is 9.59 Å². The van der Waals surface area contributed by atoms with E-state index in [0.717, 1.165) is 37.2 Å². The maximum Gasteiger partial charge on any atom is 0.286 e. The summed E-state index contributed by atoms with van der Waals surface area (Å²) in [5, 5.41) is 12.8. The van der Waals surface area contributed by atoms with Gasteiger partial charge < -0.3 is 10.2 Å². The maximum absolute atomic E-state index is 12.4. The molecule has 0 bridgehead atoms. The van der Waals surface area contributed by atoms with Gasteiger partial charge in [0.05, 0.1) is 0 Å². The first-order chi connectivity index (χ1) is 12.6. The van der Waals surface area contributed by atoms with E-state index < -0.39 is 0 Å². The lowest BCUT2D eigenvalue weighted by Crippen LogP contribution is -2.39. The van der Waals surface area contributed by atoms with Gasteiger partial charge in [-0.3, -0.25) is 9.59 Å². The first-order valence-electron chi connectivity index (χ1n) is 8.79. The zero-order valence-electron chi connectivity index (χ0n) is 14.2. The number of hydrogen-bond donors (Lipinski definition) is 1. The number of rotatable bonds is 4. The van der Waals surface area contributed by atoms with Gasteiger partial charge in [0.2, 0.25) is 10.9 Å². The molecule has 6 nitrogen and oxygen atoms in total. The van der Waals surface area contributed by atoms with Gasteiger partial charge in [-0.05, 0) is 49.9 Å². The molecule has 4 rings (SSSR count). The summed E-state index contributed by atoms with van der Waals surface area (Å²) < 4.78 is 0. The van der Waals surface area contributed by atoms with Gasteiger partial charge in [0.1, 0.15) is 5.01 Å². The summed E-state index contributed by atoms with van der Waals surface area (Å²) in [5.41, 5.74) is 0.662. The van der Waals surface area contributed by atoms with Crippen LogP contribution in [0.25, 0.3) is 0 Å². The van der Waals surface area contributed by atoms with E-state index >= 15 is 0 Å². The molecule has 8 heteroatoms. The third-order valence-corrected chi connectivity index (χ3v) is 6.08. The van der Waals surface area contributed by atoms with Gasteiger partial charge in [-0.15, -0.1) is 10.2 Å². The number of halogens is 1. The quantitative estimate of drug-likeness (QED) is 0.866. The van der Waals surface area contributed by atoms with E-state index in [1.54, 1.807) is 24.3 Å². The minimum absolute atomic E-state index is 0.168. The zero-order chi connectivity index (χ0) is 18.1. The molecule has 1 atom stereocenters. The van der Waals surface area contributed by atoms with Gasteiger partial charge >= 0.3 is 0 Å². The molecular weight excluding hydrogens is 372 g/mol. The second-order valence-electron chi connectivity index (χ2n) is 6.80. The van der Waals surface area contributed by atoms with Crippen molar-refractivity contribution in [2.45, 2.75) is 31.6 Å². The second-order valence-corrected chi connectivity index (χ2v) is 8.25. The number of carbonyl (C=O) groups is 2. The van der Waals surface area contributed by atoms with Crippen LogP contribution in [0.15, 0.2) is 24.3 Å². The molecule has 1 saturated heterocycles. The molecule has 1 aromatic heterocycles. The van der Waals surface area contributed by atoms with Gasteiger partial charge in [-0.1, -0.05) is 22.9 Å². The van der Waals surface area contributed by atoms with Crippen molar-refractivity contribution in [2.24, 2.45) is 5.92 Å². The van der Waals surface area contributed by atoms with Crippen molar-refractivity contribution in [1.82, 2.24) is 15.1 Å². The number of piperidine rings is 1. The van der Waals surface area contributed by atoms with E-state index in [1.807, 2.05) is 4.90 Å². The van der Waals surface area contributed by atoms with Gasteiger partial charge in [-0.2, -0.15) is 0 Å². The van der Waals surface area contributed by atoms with Crippen LogP contribution in [0, 0.1) is 5.92 Å². The number of hydrogen-bond acceptors (Lipinski definition) is 5. The average Bonchev–Trinajstić information content (AvgIpc) is 3.39. The van der Waals surface area contributed by atoms with Crippen LogP contribution in [0.1, 0.15) is 46.4 Å². The van der Waals surface area contributed by atoms with Crippen LogP contribution in [-0.2, 0) is 4.79 Å². The zero-order valence-corrected chi connectivity index (χ0v) is 15.7. The molecule has 0 unspecified atom stereocenters. The van der Waals surface area contributed by atoms with Crippen molar-refractivity contribution in [2.75, 3.05) is 18.4 Å². The smallest absolute Gasteiger partial charge is 0.286 e. The lowest BCUT2D eigenvalue weighted by molar-refractivity contribution is -0.133. The predicted octanol–water partition coefficient (Wildman–Crippen LogP) is 3.56. The number of benzene rings is 1. The Morgan fingerprint density at radius 3 is 2.65 bits per heavy atom. The molecule has 2 fully saturated rings. The fourth-order valence-electron chi connectivity index (χ4n) is 3.18. The van der Waals surface area contributed by atoms with Crippen LogP contribution in [0.2, 0.25) is 5.02 Å². The van der Waals surface area contributed by atoms with Crippen molar-refractivity contribution in [3.63, 3.8) is 0 Å². The molecule has 2 aliphatic rings. The Kier molecular flexibility index (Phi) is 4.91. The highest BCUT2D eigenvalue weighted by atomic mass is 35.5. The summed E-state index contributed by atoms with van der Waals surface area (Å²) in [6.45, 7) is 1.51. The SMILES string of the molecule is O=C(Nc1ccc(Cl)cc1)c1nnc([C@@H]2CCCN(C(=O)C3CC3)C2)s1. The lowest BCUT2D eigenvalue weighted by atomic mass is 9.98. The first kappa shape index (κ1) is 17.4. The molecule has 136 valence electrons. The molecule has 2 amide bonds. The normalized spacial score (nSPS) is 20.0. The van der Waals surface area contributed by atoms with Gasteiger partial charge in [-0.25, -0.2) is 0 Å². The fourth-order valence-corrected chi connectivity index (χ4v) is 4.17. The minimum atomic E-state index is -0.280. The molecular formula is C18H19ClN4O2S. The first-order valence-corrected chi connectivity index (χ1v) is 9.98. The van der Waals surface area contributed by atoms with Crippen molar-refractivity contribution < 1.29 is 9.59 Å². The molecule has 0 spiro atoms. The van der Waals surface area contributed by atoms with Crippen LogP contribution >= 0.6 is 22.9 Å². The maximum atomic E-state index is 12.4. The number of aromatic nitrogens is 2. The van der Waals surface area contributed by atoms with Crippen LogP contribution in [0.4, 0.5) is 5.69 Å². The number of carbonyl (C=O) groups excluding carboxylic acids is 2. The van der Waals surface area contributed by atoms with Gasteiger partial charge in [0.25, 0.3) is 5.91 Å². The van der Waals surface area contributed by atoms with E-state index in [0.29, 0.717) is 22.3 Å². The lowest BCUT2D eigenvalue weighted by Gasteiger charge is -2.31. The Labute approximate surface area is 160 Å². The molecule has 26 heavy (non-hydrogen) atoms. The summed E-state index contributed by atoms with van der Waals surface area (Å²) in [6, 6.07) is 6.92. The average molecular weight is 391 g/mol. The van der Waals surface area contributed by atoms with Crippen molar-refractivity contribution >= 4 is 40.4 Å². The molecule has 1 saturated carbocycles. The molecule has 2 aromatic rings. The third kappa shape index (κ3) is 3.88. The molecule has 2 heterocycles. The number of nitrogens with zero attached hydrogens (tertiary/aromatic N) is 3. The highest BCUT2D eigenvalue weighted by Gasteiger charge is 2.36. The van der Waals surface area contributed by atoms with E-state index in [2.05, 4.69) is 15.5 Å². The fraction of sp³-hybridized carbons (Fsp3) is 0.444. The second kappa shape index (κ2) is 7.32.